The lowest BCUT2D eigenvalue weighted by Gasteiger charge is -2.36. The number of methoxy groups -OCH3 is 2. The number of nitrogens with zero attached hydrogens (tertiary/aromatic N) is 2. The standard InChI is InChI=1S/C26H29ClN2O3/c1-30-24-11-7-6-10-23(24)29-14-12-28(13-15-29)18-21-16-25(31-2)26(17-22(21)27)32-19-20-8-4-3-5-9-20/h3-11,16-17H,12-15,18-19H2,1-2H3. The van der Waals surface area contributed by atoms with Gasteiger partial charge in [0.05, 0.1) is 19.9 Å². The molecular formula is C26H29ClN2O3. The van der Waals surface area contributed by atoms with E-state index in [2.05, 4.69) is 21.9 Å². The normalized spacial score (nSPS) is 14.3. The van der Waals surface area contributed by atoms with Gasteiger partial charge in [0.15, 0.2) is 11.5 Å². The molecule has 0 spiro atoms. The minimum atomic E-state index is 0.470. The maximum Gasteiger partial charge on any atom is 0.163 e. The maximum atomic E-state index is 6.63. The Morgan fingerprint density at radius 3 is 2.19 bits per heavy atom. The Hall–Kier alpha value is -2.89. The van der Waals surface area contributed by atoms with Crippen LogP contribution >= 0.6 is 11.6 Å². The molecule has 0 unspecified atom stereocenters. The first-order valence-corrected chi connectivity index (χ1v) is 11.2. The Morgan fingerprint density at radius 1 is 0.781 bits per heavy atom. The number of hydrogen-bond acceptors (Lipinski definition) is 5. The fourth-order valence-electron chi connectivity index (χ4n) is 3.98. The van der Waals surface area contributed by atoms with Crippen molar-refractivity contribution in [2.24, 2.45) is 0 Å². The Bertz CT molecular complexity index is 1020. The van der Waals surface area contributed by atoms with Crippen molar-refractivity contribution >= 4 is 17.3 Å². The first-order valence-electron chi connectivity index (χ1n) is 10.8. The van der Waals surface area contributed by atoms with Gasteiger partial charge in [0.25, 0.3) is 0 Å². The molecule has 1 fully saturated rings. The summed E-state index contributed by atoms with van der Waals surface area (Å²) in [6, 6.07) is 22.1. The number of ether oxygens (including phenoxy) is 3. The van der Waals surface area contributed by atoms with Gasteiger partial charge in [-0.25, -0.2) is 0 Å². The molecule has 1 heterocycles. The van der Waals surface area contributed by atoms with Crippen molar-refractivity contribution in [2.75, 3.05) is 45.3 Å². The second-order valence-corrected chi connectivity index (χ2v) is 8.21. The molecule has 5 nitrogen and oxygen atoms in total. The van der Waals surface area contributed by atoms with Crippen molar-refractivity contribution < 1.29 is 14.2 Å². The van der Waals surface area contributed by atoms with E-state index in [9.17, 15) is 0 Å². The number of para-hydroxylation sites is 2. The average Bonchev–Trinajstić information content (AvgIpc) is 2.85. The zero-order valence-corrected chi connectivity index (χ0v) is 19.3. The fourth-order valence-corrected chi connectivity index (χ4v) is 4.20. The summed E-state index contributed by atoms with van der Waals surface area (Å²) in [5, 5.41) is 0.695. The van der Waals surface area contributed by atoms with E-state index >= 15 is 0 Å². The molecule has 1 aliphatic rings. The number of anilines is 1. The third-order valence-corrected chi connectivity index (χ3v) is 6.11. The molecule has 168 valence electrons. The molecule has 0 bridgehead atoms. The van der Waals surface area contributed by atoms with Gasteiger partial charge < -0.3 is 19.1 Å². The van der Waals surface area contributed by atoms with E-state index in [1.54, 1.807) is 14.2 Å². The highest BCUT2D eigenvalue weighted by Crippen LogP contribution is 2.35. The van der Waals surface area contributed by atoms with Gasteiger partial charge in [0.2, 0.25) is 0 Å². The molecule has 0 radical (unpaired) electrons. The van der Waals surface area contributed by atoms with Gasteiger partial charge in [-0.15, -0.1) is 0 Å². The summed E-state index contributed by atoms with van der Waals surface area (Å²) >= 11 is 6.63. The van der Waals surface area contributed by atoms with Crippen molar-refractivity contribution in [3.63, 3.8) is 0 Å². The lowest BCUT2D eigenvalue weighted by atomic mass is 10.1. The van der Waals surface area contributed by atoms with Crippen molar-refractivity contribution in [3.8, 4) is 17.2 Å². The molecule has 0 amide bonds. The third kappa shape index (κ3) is 5.29. The molecule has 32 heavy (non-hydrogen) atoms. The number of halogens is 1. The summed E-state index contributed by atoms with van der Waals surface area (Å²) in [6.07, 6.45) is 0. The van der Waals surface area contributed by atoms with Crippen LogP contribution in [0.15, 0.2) is 66.7 Å². The molecule has 1 aliphatic heterocycles. The van der Waals surface area contributed by atoms with Crippen LogP contribution in [-0.2, 0) is 13.2 Å². The van der Waals surface area contributed by atoms with E-state index in [-0.39, 0.29) is 0 Å². The Balaban J connectivity index is 1.39. The van der Waals surface area contributed by atoms with Crippen LogP contribution in [-0.4, -0.2) is 45.3 Å². The summed E-state index contributed by atoms with van der Waals surface area (Å²) in [5.74, 6) is 2.28. The average molecular weight is 453 g/mol. The van der Waals surface area contributed by atoms with E-state index in [1.165, 1.54) is 0 Å². The molecule has 0 aromatic heterocycles. The fraction of sp³-hybridized carbons (Fsp3) is 0.308. The predicted octanol–water partition coefficient (Wildman–Crippen LogP) is 5.26. The van der Waals surface area contributed by atoms with Crippen molar-refractivity contribution in [3.05, 3.63) is 82.9 Å². The molecule has 6 heteroatoms. The van der Waals surface area contributed by atoms with Crippen LogP contribution in [0.4, 0.5) is 5.69 Å². The zero-order valence-electron chi connectivity index (χ0n) is 18.6. The molecule has 3 aromatic rings. The van der Waals surface area contributed by atoms with Crippen molar-refractivity contribution in [1.82, 2.24) is 4.90 Å². The molecule has 0 atom stereocenters. The second-order valence-electron chi connectivity index (χ2n) is 7.80. The quantitative estimate of drug-likeness (QED) is 0.465. The number of rotatable bonds is 8. The van der Waals surface area contributed by atoms with E-state index in [0.717, 1.165) is 55.3 Å². The zero-order chi connectivity index (χ0) is 22.3. The van der Waals surface area contributed by atoms with Gasteiger partial charge in [-0.3, -0.25) is 4.90 Å². The topological polar surface area (TPSA) is 34.2 Å². The third-order valence-electron chi connectivity index (χ3n) is 5.76. The minimum absolute atomic E-state index is 0.470. The first kappa shape index (κ1) is 22.3. The van der Waals surface area contributed by atoms with Crippen LogP contribution in [0.1, 0.15) is 11.1 Å². The lowest BCUT2D eigenvalue weighted by Crippen LogP contribution is -2.46. The molecular weight excluding hydrogens is 424 g/mol. The lowest BCUT2D eigenvalue weighted by molar-refractivity contribution is 0.248. The van der Waals surface area contributed by atoms with Crippen LogP contribution in [0.25, 0.3) is 0 Å². The predicted molar refractivity (Wildman–Crippen MR) is 129 cm³/mol. The van der Waals surface area contributed by atoms with E-state index in [1.807, 2.05) is 54.6 Å². The van der Waals surface area contributed by atoms with Crippen LogP contribution in [0.2, 0.25) is 5.02 Å². The highest BCUT2D eigenvalue weighted by Gasteiger charge is 2.21. The van der Waals surface area contributed by atoms with Crippen LogP contribution in [0, 0.1) is 0 Å². The summed E-state index contributed by atoms with van der Waals surface area (Å²) < 4.78 is 17.1. The highest BCUT2D eigenvalue weighted by atomic mass is 35.5. The van der Waals surface area contributed by atoms with E-state index in [0.29, 0.717) is 23.1 Å². The van der Waals surface area contributed by atoms with E-state index in [4.69, 9.17) is 25.8 Å². The van der Waals surface area contributed by atoms with Crippen molar-refractivity contribution in [2.45, 2.75) is 13.2 Å². The second kappa shape index (κ2) is 10.6. The highest BCUT2D eigenvalue weighted by molar-refractivity contribution is 6.31. The van der Waals surface area contributed by atoms with Crippen LogP contribution < -0.4 is 19.1 Å². The van der Waals surface area contributed by atoms with Crippen molar-refractivity contribution in [1.29, 1.82) is 0 Å². The van der Waals surface area contributed by atoms with Gasteiger partial charge in [0.1, 0.15) is 12.4 Å². The Morgan fingerprint density at radius 2 is 1.47 bits per heavy atom. The Kier molecular flexibility index (Phi) is 7.40. The summed E-state index contributed by atoms with van der Waals surface area (Å²) in [6.45, 7) is 5.01. The van der Waals surface area contributed by atoms with Crippen LogP contribution in [0.3, 0.4) is 0 Å². The monoisotopic (exact) mass is 452 g/mol. The largest absolute Gasteiger partial charge is 0.495 e. The summed E-state index contributed by atoms with van der Waals surface area (Å²) in [7, 11) is 3.38. The summed E-state index contributed by atoms with van der Waals surface area (Å²) in [4.78, 5) is 4.79. The number of hydrogen-bond donors (Lipinski definition) is 0. The molecule has 0 N–H and O–H groups in total. The summed E-state index contributed by atoms with van der Waals surface area (Å²) in [5.41, 5.74) is 3.29. The van der Waals surface area contributed by atoms with E-state index < -0.39 is 0 Å². The number of benzene rings is 3. The van der Waals surface area contributed by atoms with Gasteiger partial charge in [0, 0.05) is 43.8 Å². The molecule has 1 saturated heterocycles. The van der Waals surface area contributed by atoms with Gasteiger partial charge in [-0.2, -0.15) is 0 Å². The molecule has 3 aromatic carbocycles. The number of piperazine rings is 1. The SMILES string of the molecule is COc1cc(CN2CCN(c3ccccc3OC)CC2)c(Cl)cc1OCc1ccccc1. The molecule has 0 saturated carbocycles. The minimum Gasteiger partial charge on any atom is -0.495 e. The van der Waals surface area contributed by atoms with Crippen LogP contribution in [0.5, 0.6) is 17.2 Å². The molecule has 0 aliphatic carbocycles. The van der Waals surface area contributed by atoms with Gasteiger partial charge in [-0.1, -0.05) is 54.1 Å². The van der Waals surface area contributed by atoms with Gasteiger partial charge in [-0.05, 0) is 29.3 Å². The van der Waals surface area contributed by atoms with Gasteiger partial charge >= 0.3 is 0 Å². The Labute approximate surface area is 195 Å². The first-order chi connectivity index (χ1) is 15.7. The molecule has 4 rings (SSSR count). The maximum absolute atomic E-state index is 6.63. The smallest absolute Gasteiger partial charge is 0.163 e.